The Balaban J connectivity index is 1.71. The second kappa shape index (κ2) is 8.63. The molecule has 29 heavy (non-hydrogen) atoms. The number of thiophene rings is 1. The van der Waals surface area contributed by atoms with Gasteiger partial charge >= 0.3 is 0 Å². The Hall–Kier alpha value is -2.90. The van der Waals surface area contributed by atoms with Crippen LogP contribution in [-0.2, 0) is 6.61 Å². The van der Waals surface area contributed by atoms with Crippen molar-refractivity contribution in [1.82, 2.24) is 0 Å². The molecule has 3 rings (SSSR count). The van der Waals surface area contributed by atoms with Gasteiger partial charge in [0.25, 0.3) is 11.6 Å². The first-order chi connectivity index (χ1) is 13.7. The average Bonchev–Trinajstić information content (AvgIpc) is 3.11. The van der Waals surface area contributed by atoms with Crippen LogP contribution in [0.3, 0.4) is 0 Å². The van der Waals surface area contributed by atoms with Gasteiger partial charge in [0.05, 0.1) is 9.80 Å². The van der Waals surface area contributed by atoms with Crippen LogP contribution in [0.1, 0.15) is 31.9 Å². The molecular formula is C21H19ClN2O4S. The lowest BCUT2D eigenvalue weighted by Gasteiger charge is -2.12. The van der Waals surface area contributed by atoms with Gasteiger partial charge in [-0.2, -0.15) is 0 Å². The molecule has 0 radical (unpaired) electrons. The number of nitrogens with one attached hydrogen (secondary N) is 1. The lowest BCUT2D eigenvalue weighted by atomic mass is 10.1. The predicted molar refractivity (Wildman–Crippen MR) is 115 cm³/mol. The Morgan fingerprint density at radius 3 is 2.52 bits per heavy atom. The number of ether oxygens (including phenoxy) is 1. The number of nitrogens with zero attached hydrogens (tertiary/aromatic N) is 1. The number of rotatable bonds is 6. The lowest BCUT2D eigenvalue weighted by molar-refractivity contribution is -0.383. The van der Waals surface area contributed by atoms with E-state index >= 15 is 0 Å². The van der Waals surface area contributed by atoms with Crippen molar-refractivity contribution in [3.8, 4) is 5.75 Å². The monoisotopic (exact) mass is 430 g/mol. The minimum Gasteiger partial charge on any atom is -0.488 e. The molecular weight excluding hydrogens is 412 g/mol. The molecule has 0 fully saturated rings. The number of carbonyl (C=O) groups is 1. The molecule has 0 aliphatic rings. The van der Waals surface area contributed by atoms with Gasteiger partial charge in [0.15, 0.2) is 0 Å². The zero-order valence-corrected chi connectivity index (χ0v) is 17.7. The topological polar surface area (TPSA) is 81.5 Å². The van der Waals surface area contributed by atoms with Crippen LogP contribution in [0.5, 0.6) is 5.75 Å². The lowest BCUT2D eigenvalue weighted by Crippen LogP contribution is -2.11. The van der Waals surface area contributed by atoms with Crippen LogP contribution in [-0.4, -0.2) is 10.8 Å². The second-order valence-corrected chi connectivity index (χ2v) is 8.06. The molecule has 0 saturated carbocycles. The summed E-state index contributed by atoms with van der Waals surface area (Å²) in [5, 5.41) is 15.8. The van der Waals surface area contributed by atoms with E-state index in [2.05, 4.69) is 17.4 Å². The Bertz CT molecular complexity index is 1070. The van der Waals surface area contributed by atoms with E-state index in [1.165, 1.54) is 35.1 Å². The predicted octanol–water partition coefficient (Wildman–Crippen LogP) is 6.07. The van der Waals surface area contributed by atoms with E-state index < -0.39 is 10.8 Å². The second-order valence-electron chi connectivity index (χ2n) is 6.71. The first-order valence-electron chi connectivity index (χ1n) is 8.78. The summed E-state index contributed by atoms with van der Waals surface area (Å²) in [6, 6.07) is 9.96. The van der Waals surface area contributed by atoms with Crippen molar-refractivity contribution in [3.63, 3.8) is 0 Å². The number of nitro groups is 1. The molecule has 1 amide bonds. The van der Waals surface area contributed by atoms with Gasteiger partial charge in [-0.05, 0) is 55.5 Å². The van der Waals surface area contributed by atoms with E-state index in [-0.39, 0.29) is 16.4 Å². The van der Waals surface area contributed by atoms with E-state index in [4.69, 9.17) is 16.3 Å². The first kappa shape index (κ1) is 20.8. The minimum atomic E-state index is -0.582. The van der Waals surface area contributed by atoms with Gasteiger partial charge in [0.2, 0.25) is 0 Å². The van der Waals surface area contributed by atoms with Gasteiger partial charge in [-0.25, -0.2) is 0 Å². The van der Waals surface area contributed by atoms with Crippen molar-refractivity contribution in [2.75, 3.05) is 5.32 Å². The fourth-order valence-electron chi connectivity index (χ4n) is 3.07. The van der Waals surface area contributed by atoms with Gasteiger partial charge in [-0.15, -0.1) is 11.3 Å². The fraction of sp³-hybridized carbons (Fsp3) is 0.190. The summed E-state index contributed by atoms with van der Waals surface area (Å²) in [5.74, 6) is 0.416. The maximum atomic E-state index is 12.5. The molecule has 0 aliphatic heterocycles. The van der Waals surface area contributed by atoms with Crippen molar-refractivity contribution >= 4 is 40.2 Å². The van der Waals surface area contributed by atoms with E-state index in [1.54, 1.807) is 6.07 Å². The molecule has 0 aliphatic carbocycles. The van der Waals surface area contributed by atoms with Crippen molar-refractivity contribution in [1.29, 1.82) is 0 Å². The molecule has 0 unspecified atom stereocenters. The number of benzene rings is 2. The quantitative estimate of drug-likeness (QED) is 0.380. The van der Waals surface area contributed by atoms with Gasteiger partial charge in [-0.1, -0.05) is 29.3 Å². The maximum Gasteiger partial charge on any atom is 0.294 e. The standard InChI is InChI=1S/C21H19ClN2O4S/c1-12-6-13(2)20(14(3)7-12)28-10-15-8-19(29-11-15)21(25)23-17-5-4-16(22)9-18(17)24(26)27/h4-9,11H,10H2,1-3H3,(H,23,25). The normalized spacial score (nSPS) is 10.6. The molecule has 0 spiro atoms. The molecule has 1 aromatic heterocycles. The van der Waals surface area contributed by atoms with E-state index in [9.17, 15) is 14.9 Å². The summed E-state index contributed by atoms with van der Waals surface area (Å²) < 4.78 is 5.95. The van der Waals surface area contributed by atoms with Crippen LogP contribution in [0.15, 0.2) is 41.8 Å². The molecule has 1 N–H and O–H groups in total. The number of hydrogen-bond donors (Lipinski definition) is 1. The van der Waals surface area contributed by atoms with Crippen molar-refractivity contribution in [3.05, 3.63) is 84.0 Å². The first-order valence-corrected chi connectivity index (χ1v) is 10.0. The highest BCUT2D eigenvalue weighted by Crippen LogP contribution is 2.29. The number of carbonyl (C=O) groups excluding carboxylic acids is 1. The summed E-state index contributed by atoms with van der Waals surface area (Å²) >= 11 is 7.06. The third-order valence-corrected chi connectivity index (χ3v) is 5.48. The smallest absolute Gasteiger partial charge is 0.294 e. The molecule has 0 bridgehead atoms. The number of nitro benzene ring substituents is 1. The summed E-state index contributed by atoms with van der Waals surface area (Å²) in [4.78, 5) is 23.5. The minimum absolute atomic E-state index is 0.0986. The third-order valence-electron chi connectivity index (χ3n) is 4.27. The van der Waals surface area contributed by atoms with Crippen LogP contribution in [0.4, 0.5) is 11.4 Å². The number of halogens is 1. The molecule has 150 valence electrons. The fourth-order valence-corrected chi connectivity index (χ4v) is 4.02. The Kier molecular flexibility index (Phi) is 6.20. The molecule has 0 atom stereocenters. The summed E-state index contributed by atoms with van der Waals surface area (Å²) in [6.07, 6.45) is 0. The number of hydrogen-bond acceptors (Lipinski definition) is 5. The van der Waals surface area contributed by atoms with Crippen LogP contribution < -0.4 is 10.1 Å². The SMILES string of the molecule is Cc1cc(C)c(OCc2csc(C(=O)Nc3ccc(Cl)cc3[N+](=O)[O-])c2)c(C)c1. The van der Waals surface area contributed by atoms with Crippen LogP contribution >= 0.6 is 22.9 Å². The van der Waals surface area contributed by atoms with Crippen molar-refractivity contribution in [2.45, 2.75) is 27.4 Å². The van der Waals surface area contributed by atoms with Crippen LogP contribution in [0, 0.1) is 30.9 Å². The maximum absolute atomic E-state index is 12.5. The van der Waals surface area contributed by atoms with Crippen molar-refractivity contribution in [2.24, 2.45) is 0 Å². The zero-order valence-electron chi connectivity index (χ0n) is 16.1. The Labute approximate surface area is 177 Å². The van der Waals surface area contributed by atoms with E-state index in [1.807, 2.05) is 26.2 Å². The highest BCUT2D eigenvalue weighted by molar-refractivity contribution is 7.12. The highest BCUT2D eigenvalue weighted by Gasteiger charge is 2.18. The molecule has 2 aromatic carbocycles. The molecule has 1 heterocycles. The number of aryl methyl sites for hydroxylation is 3. The Morgan fingerprint density at radius 2 is 1.86 bits per heavy atom. The van der Waals surface area contributed by atoms with Gasteiger partial charge in [0.1, 0.15) is 18.0 Å². The van der Waals surface area contributed by atoms with Crippen LogP contribution in [0.2, 0.25) is 5.02 Å². The van der Waals surface area contributed by atoms with E-state index in [0.717, 1.165) is 22.4 Å². The van der Waals surface area contributed by atoms with Gasteiger partial charge < -0.3 is 10.1 Å². The molecule has 3 aromatic rings. The highest BCUT2D eigenvalue weighted by atomic mass is 35.5. The van der Waals surface area contributed by atoms with Gasteiger partial charge in [-0.3, -0.25) is 14.9 Å². The third kappa shape index (κ3) is 4.93. The average molecular weight is 431 g/mol. The molecule has 8 heteroatoms. The summed E-state index contributed by atoms with van der Waals surface area (Å²) in [7, 11) is 0. The summed E-state index contributed by atoms with van der Waals surface area (Å²) in [5.41, 5.74) is 4.00. The Morgan fingerprint density at radius 1 is 1.17 bits per heavy atom. The van der Waals surface area contributed by atoms with Crippen molar-refractivity contribution < 1.29 is 14.5 Å². The largest absolute Gasteiger partial charge is 0.488 e. The number of amides is 1. The zero-order chi connectivity index (χ0) is 21.1. The van der Waals surface area contributed by atoms with E-state index in [0.29, 0.717) is 11.5 Å². The number of anilines is 1. The molecule has 0 saturated heterocycles. The van der Waals surface area contributed by atoms with Crippen LogP contribution in [0.25, 0.3) is 0 Å². The summed E-state index contributed by atoms with van der Waals surface area (Å²) in [6.45, 7) is 6.37. The van der Waals surface area contributed by atoms with Gasteiger partial charge in [0, 0.05) is 16.7 Å². The molecule has 6 nitrogen and oxygen atoms in total.